The zero-order chi connectivity index (χ0) is 17.3. The summed E-state index contributed by atoms with van der Waals surface area (Å²) in [5.74, 6) is 0. The van der Waals surface area contributed by atoms with Gasteiger partial charge >= 0.3 is 6.03 Å². The van der Waals surface area contributed by atoms with Crippen molar-refractivity contribution in [3.8, 4) is 0 Å². The van der Waals surface area contributed by atoms with Gasteiger partial charge in [0.05, 0.1) is 11.9 Å². The Bertz CT molecular complexity index is 716. The summed E-state index contributed by atoms with van der Waals surface area (Å²) in [7, 11) is -3.33. The van der Waals surface area contributed by atoms with Crippen molar-refractivity contribution in [3.63, 3.8) is 0 Å². The second-order valence-electron chi connectivity index (χ2n) is 6.76. The van der Waals surface area contributed by atoms with E-state index in [1.807, 2.05) is 0 Å². The van der Waals surface area contributed by atoms with E-state index in [4.69, 9.17) is 0 Å². The Morgan fingerprint density at radius 1 is 1.30 bits per heavy atom. The highest BCUT2D eigenvalue weighted by Gasteiger charge is 2.23. The lowest BCUT2D eigenvalue weighted by atomic mass is 9.83. The molecule has 0 aliphatic carbocycles. The Morgan fingerprint density at radius 3 is 2.43 bits per heavy atom. The van der Waals surface area contributed by atoms with Crippen LogP contribution in [0.5, 0.6) is 0 Å². The molecule has 1 aromatic heterocycles. The van der Waals surface area contributed by atoms with E-state index in [0.717, 1.165) is 12.7 Å². The van der Waals surface area contributed by atoms with Crippen LogP contribution in [0, 0.1) is 5.41 Å². The van der Waals surface area contributed by atoms with E-state index in [2.05, 4.69) is 37.1 Å². The van der Waals surface area contributed by atoms with Crippen LogP contribution in [0.15, 0.2) is 35.0 Å². The summed E-state index contributed by atoms with van der Waals surface area (Å²) in [5.41, 5.74) is 1.97. The van der Waals surface area contributed by atoms with E-state index in [1.165, 1.54) is 17.8 Å². The standard InChI is InChI=1S/C16H23N3O3S/c1-16(2,3)12-7-9-19(10-8-12)15(20)18-13-5-6-14(17-11-13)23(4,21)22/h5-7,11H,8-10H2,1-4H3,(H,18,20). The van der Waals surface area contributed by atoms with Gasteiger partial charge in [0.25, 0.3) is 0 Å². The molecule has 1 aliphatic heterocycles. The Hall–Kier alpha value is -1.89. The summed E-state index contributed by atoms with van der Waals surface area (Å²) in [6, 6.07) is 2.73. The van der Waals surface area contributed by atoms with E-state index in [1.54, 1.807) is 11.0 Å². The zero-order valence-electron chi connectivity index (χ0n) is 14.0. The number of urea groups is 1. The van der Waals surface area contributed by atoms with Gasteiger partial charge in [0, 0.05) is 19.3 Å². The van der Waals surface area contributed by atoms with Crippen LogP contribution in [0.25, 0.3) is 0 Å². The second kappa shape index (κ2) is 6.31. The largest absolute Gasteiger partial charge is 0.322 e. The molecule has 2 rings (SSSR count). The third kappa shape index (κ3) is 4.54. The third-order valence-corrected chi connectivity index (χ3v) is 4.83. The molecule has 6 nitrogen and oxygen atoms in total. The van der Waals surface area contributed by atoms with Gasteiger partial charge < -0.3 is 10.2 Å². The van der Waals surface area contributed by atoms with Gasteiger partial charge in [-0.3, -0.25) is 0 Å². The SMILES string of the molecule is CC(C)(C)C1=CCN(C(=O)Nc2ccc(S(C)(=O)=O)nc2)CC1. The van der Waals surface area contributed by atoms with Crippen LogP contribution in [0.1, 0.15) is 27.2 Å². The number of anilines is 1. The molecule has 0 saturated carbocycles. The molecule has 2 amide bonds. The lowest BCUT2D eigenvalue weighted by Crippen LogP contribution is -2.39. The number of carbonyl (C=O) groups is 1. The number of nitrogens with one attached hydrogen (secondary N) is 1. The topological polar surface area (TPSA) is 79.4 Å². The van der Waals surface area contributed by atoms with Crippen molar-refractivity contribution in [2.75, 3.05) is 24.7 Å². The molecule has 0 saturated heterocycles. The fourth-order valence-corrected chi connectivity index (χ4v) is 2.97. The highest BCUT2D eigenvalue weighted by molar-refractivity contribution is 7.90. The molecule has 0 bridgehead atoms. The molecule has 1 N–H and O–H groups in total. The first-order chi connectivity index (χ1) is 10.6. The second-order valence-corrected chi connectivity index (χ2v) is 8.73. The molecule has 0 unspecified atom stereocenters. The van der Waals surface area contributed by atoms with Crippen LogP contribution in [-0.4, -0.2) is 43.7 Å². The first-order valence-corrected chi connectivity index (χ1v) is 9.38. The van der Waals surface area contributed by atoms with E-state index in [9.17, 15) is 13.2 Å². The van der Waals surface area contributed by atoms with Crippen LogP contribution in [0.2, 0.25) is 0 Å². The summed E-state index contributed by atoms with van der Waals surface area (Å²) < 4.78 is 22.7. The number of nitrogens with zero attached hydrogens (tertiary/aromatic N) is 2. The van der Waals surface area contributed by atoms with E-state index in [-0.39, 0.29) is 16.5 Å². The van der Waals surface area contributed by atoms with Crippen molar-refractivity contribution in [1.29, 1.82) is 0 Å². The number of hydrogen-bond acceptors (Lipinski definition) is 4. The van der Waals surface area contributed by atoms with E-state index in [0.29, 0.717) is 18.8 Å². The minimum Gasteiger partial charge on any atom is -0.320 e. The Labute approximate surface area is 137 Å². The number of hydrogen-bond donors (Lipinski definition) is 1. The molecule has 0 spiro atoms. The molecular formula is C16H23N3O3S. The van der Waals surface area contributed by atoms with Crippen LogP contribution < -0.4 is 5.32 Å². The molecule has 23 heavy (non-hydrogen) atoms. The molecular weight excluding hydrogens is 314 g/mol. The first-order valence-electron chi connectivity index (χ1n) is 7.49. The quantitative estimate of drug-likeness (QED) is 0.842. The van der Waals surface area contributed by atoms with Crippen LogP contribution in [-0.2, 0) is 9.84 Å². The predicted octanol–water partition coefficient (Wildman–Crippen LogP) is 2.70. The van der Waals surface area contributed by atoms with Gasteiger partial charge in [-0.1, -0.05) is 32.4 Å². The number of amides is 2. The molecule has 0 aromatic carbocycles. The fraction of sp³-hybridized carbons (Fsp3) is 0.500. The van der Waals surface area contributed by atoms with Crippen molar-refractivity contribution in [1.82, 2.24) is 9.88 Å². The van der Waals surface area contributed by atoms with Gasteiger partial charge in [-0.05, 0) is 24.0 Å². The molecule has 2 heterocycles. The number of aromatic nitrogens is 1. The Morgan fingerprint density at radius 2 is 2.00 bits per heavy atom. The van der Waals surface area contributed by atoms with Crippen LogP contribution >= 0.6 is 0 Å². The summed E-state index contributed by atoms with van der Waals surface area (Å²) in [4.78, 5) is 17.8. The van der Waals surface area contributed by atoms with Gasteiger partial charge in [0.1, 0.15) is 0 Å². The van der Waals surface area contributed by atoms with Crippen molar-refractivity contribution >= 4 is 21.6 Å². The van der Waals surface area contributed by atoms with Crippen LogP contribution in [0.4, 0.5) is 10.5 Å². The summed E-state index contributed by atoms with van der Waals surface area (Å²) >= 11 is 0. The maximum Gasteiger partial charge on any atom is 0.322 e. The first kappa shape index (κ1) is 17.5. The van der Waals surface area contributed by atoms with E-state index >= 15 is 0 Å². The fourth-order valence-electron chi connectivity index (χ4n) is 2.41. The lowest BCUT2D eigenvalue weighted by molar-refractivity contribution is 0.213. The van der Waals surface area contributed by atoms with Gasteiger partial charge in [0.2, 0.25) is 0 Å². The number of sulfone groups is 1. The highest BCUT2D eigenvalue weighted by atomic mass is 32.2. The Balaban J connectivity index is 2.00. The number of rotatable bonds is 2. The molecule has 0 radical (unpaired) electrons. The molecule has 7 heteroatoms. The zero-order valence-corrected chi connectivity index (χ0v) is 14.8. The average molecular weight is 337 g/mol. The maximum absolute atomic E-state index is 12.2. The third-order valence-electron chi connectivity index (χ3n) is 3.83. The Kier molecular flexibility index (Phi) is 4.79. The van der Waals surface area contributed by atoms with Crippen molar-refractivity contribution < 1.29 is 13.2 Å². The van der Waals surface area contributed by atoms with Crippen molar-refractivity contribution in [2.24, 2.45) is 5.41 Å². The van der Waals surface area contributed by atoms with Crippen molar-refractivity contribution in [3.05, 3.63) is 30.0 Å². The lowest BCUT2D eigenvalue weighted by Gasteiger charge is -2.32. The maximum atomic E-state index is 12.2. The average Bonchev–Trinajstić information content (AvgIpc) is 2.46. The van der Waals surface area contributed by atoms with Crippen LogP contribution in [0.3, 0.4) is 0 Å². The molecule has 0 fully saturated rings. The van der Waals surface area contributed by atoms with Gasteiger partial charge in [-0.2, -0.15) is 0 Å². The summed E-state index contributed by atoms with van der Waals surface area (Å²) in [6.45, 7) is 7.76. The minimum absolute atomic E-state index is 0.00813. The summed E-state index contributed by atoms with van der Waals surface area (Å²) in [6.07, 6.45) is 5.42. The number of carbonyl (C=O) groups excluding carboxylic acids is 1. The molecule has 126 valence electrons. The minimum atomic E-state index is -3.33. The summed E-state index contributed by atoms with van der Waals surface area (Å²) in [5, 5.41) is 2.74. The normalized spacial score (nSPS) is 16.0. The molecule has 0 atom stereocenters. The van der Waals surface area contributed by atoms with Gasteiger partial charge in [-0.15, -0.1) is 0 Å². The predicted molar refractivity (Wildman–Crippen MR) is 90.1 cm³/mol. The molecule has 1 aromatic rings. The van der Waals surface area contributed by atoms with Gasteiger partial charge in [-0.25, -0.2) is 18.2 Å². The smallest absolute Gasteiger partial charge is 0.320 e. The van der Waals surface area contributed by atoms with Crippen molar-refractivity contribution in [2.45, 2.75) is 32.2 Å². The number of pyridine rings is 1. The molecule has 1 aliphatic rings. The monoisotopic (exact) mass is 337 g/mol. The van der Waals surface area contributed by atoms with E-state index < -0.39 is 9.84 Å². The highest BCUT2D eigenvalue weighted by Crippen LogP contribution is 2.30. The van der Waals surface area contributed by atoms with Gasteiger partial charge in [0.15, 0.2) is 14.9 Å².